The topological polar surface area (TPSA) is 78.9 Å². The third kappa shape index (κ3) is 40.6. The van der Waals surface area contributed by atoms with Crippen molar-refractivity contribution in [1.29, 1.82) is 0 Å². The van der Waals surface area contributed by atoms with E-state index in [9.17, 15) is 14.4 Å². The summed E-state index contributed by atoms with van der Waals surface area (Å²) in [6.07, 6.45) is 42.3. The summed E-state index contributed by atoms with van der Waals surface area (Å²) in [7, 11) is 0. The Bertz CT molecular complexity index is 858. The van der Waals surface area contributed by atoms with Gasteiger partial charge in [-0.15, -0.1) is 0 Å². The highest BCUT2D eigenvalue weighted by Crippen LogP contribution is 2.18. The Morgan fingerprint density at radius 1 is 0.357 bits per heavy atom. The van der Waals surface area contributed by atoms with Gasteiger partial charge in [0.1, 0.15) is 13.2 Å². The van der Waals surface area contributed by atoms with Crippen LogP contribution in [0.4, 0.5) is 0 Å². The molecule has 0 aromatic carbocycles. The molecule has 0 spiro atoms. The molecule has 0 radical (unpaired) electrons. The molecule has 0 saturated heterocycles. The molecule has 2 unspecified atom stereocenters. The van der Waals surface area contributed by atoms with Gasteiger partial charge in [-0.2, -0.15) is 0 Å². The summed E-state index contributed by atoms with van der Waals surface area (Å²) in [6, 6.07) is 0. The van der Waals surface area contributed by atoms with Gasteiger partial charge < -0.3 is 14.2 Å². The maximum atomic E-state index is 12.8. The highest BCUT2D eigenvalue weighted by Gasteiger charge is 2.19. The maximum absolute atomic E-state index is 12.8. The second-order valence-corrected chi connectivity index (χ2v) is 17.6. The third-order valence-electron chi connectivity index (χ3n) is 11.9. The molecule has 0 aliphatic rings. The number of carbonyl (C=O) groups excluding carboxylic acids is 3. The van der Waals surface area contributed by atoms with Crippen LogP contribution in [0.1, 0.15) is 272 Å². The van der Waals surface area contributed by atoms with Crippen molar-refractivity contribution in [2.75, 3.05) is 13.2 Å². The minimum Gasteiger partial charge on any atom is -0.462 e. The summed E-state index contributed by atoms with van der Waals surface area (Å²) >= 11 is 0. The van der Waals surface area contributed by atoms with E-state index >= 15 is 0 Å². The van der Waals surface area contributed by atoms with Gasteiger partial charge in [0.05, 0.1) is 0 Å². The highest BCUT2D eigenvalue weighted by molar-refractivity contribution is 5.71. The minimum absolute atomic E-state index is 0.0654. The average molecular weight is 793 g/mol. The van der Waals surface area contributed by atoms with Gasteiger partial charge in [-0.3, -0.25) is 14.4 Å². The quantitative estimate of drug-likeness (QED) is 0.0347. The normalized spacial score (nSPS) is 13.0. The zero-order valence-electron chi connectivity index (χ0n) is 38.3. The Morgan fingerprint density at radius 3 is 0.929 bits per heavy atom. The van der Waals surface area contributed by atoms with Crippen LogP contribution in [0, 0.1) is 11.8 Å². The molecule has 0 fully saturated rings. The Labute approximate surface area is 348 Å². The Hall–Kier alpha value is -1.59. The zero-order valence-corrected chi connectivity index (χ0v) is 38.3. The molecule has 0 saturated carbocycles. The van der Waals surface area contributed by atoms with E-state index in [2.05, 4.69) is 34.6 Å². The standard InChI is InChI=1S/C50H96O6/c1-6-9-10-11-12-13-14-15-16-17-18-19-20-25-32-37-42-50(53)56-47(44-55-49(52)41-36-31-27-26-29-34-39-46(5)8-3)43-54-48(51)40-35-30-24-22-21-23-28-33-38-45(4)7-2/h45-47H,6-44H2,1-5H3/t45?,46?,47-/m0/s1. The number of esters is 3. The first kappa shape index (κ1) is 54.4. The van der Waals surface area contributed by atoms with Crippen molar-refractivity contribution in [2.45, 2.75) is 278 Å². The summed E-state index contributed by atoms with van der Waals surface area (Å²) in [4.78, 5) is 37.8. The average Bonchev–Trinajstić information content (AvgIpc) is 3.19. The number of ether oxygens (including phenoxy) is 3. The van der Waals surface area contributed by atoms with Gasteiger partial charge in [0.2, 0.25) is 0 Å². The lowest BCUT2D eigenvalue weighted by Gasteiger charge is -2.18. The molecule has 332 valence electrons. The van der Waals surface area contributed by atoms with Crippen LogP contribution in [0.15, 0.2) is 0 Å². The molecular formula is C50H96O6. The van der Waals surface area contributed by atoms with Crippen molar-refractivity contribution in [2.24, 2.45) is 11.8 Å². The first-order valence-electron chi connectivity index (χ1n) is 24.8. The van der Waals surface area contributed by atoms with Crippen molar-refractivity contribution in [3.63, 3.8) is 0 Å². The van der Waals surface area contributed by atoms with E-state index in [0.717, 1.165) is 69.6 Å². The molecule has 0 rings (SSSR count). The Kier molecular flexibility index (Phi) is 41.8. The fourth-order valence-electron chi connectivity index (χ4n) is 7.39. The molecule has 0 heterocycles. The lowest BCUT2D eigenvalue weighted by Crippen LogP contribution is -2.30. The fourth-order valence-corrected chi connectivity index (χ4v) is 7.39. The number of hydrogen-bond acceptors (Lipinski definition) is 6. The van der Waals surface area contributed by atoms with Crippen molar-refractivity contribution >= 4 is 17.9 Å². The first-order chi connectivity index (χ1) is 27.3. The van der Waals surface area contributed by atoms with Gasteiger partial charge >= 0.3 is 17.9 Å². The van der Waals surface area contributed by atoms with Gasteiger partial charge in [-0.1, -0.05) is 234 Å². The van der Waals surface area contributed by atoms with E-state index < -0.39 is 6.10 Å². The largest absolute Gasteiger partial charge is 0.462 e. The van der Waals surface area contributed by atoms with E-state index in [1.807, 2.05) is 0 Å². The Morgan fingerprint density at radius 2 is 0.625 bits per heavy atom. The van der Waals surface area contributed by atoms with Gasteiger partial charge in [0, 0.05) is 19.3 Å². The highest BCUT2D eigenvalue weighted by atomic mass is 16.6. The number of hydrogen-bond donors (Lipinski definition) is 0. The maximum Gasteiger partial charge on any atom is 0.306 e. The molecule has 0 N–H and O–H groups in total. The van der Waals surface area contributed by atoms with Crippen LogP contribution in [0.25, 0.3) is 0 Å². The van der Waals surface area contributed by atoms with Crippen molar-refractivity contribution in [1.82, 2.24) is 0 Å². The van der Waals surface area contributed by atoms with E-state index in [1.165, 1.54) is 161 Å². The SMILES string of the molecule is CCCCCCCCCCCCCCCCCCC(=O)O[C@@H](COC(=O)CCCCCCCCCCC(C)CC)COC(=O)CCCCCCCCC(C)CC. The molecule has 0 amide bonds. The van der Waals surface area contributed by atoms with Crippen LogP contribution in [0.5, 0.6) is 0 Å². The van der Waals surface area contributed by atoms with Gasteiger partial charge in [0.25, 0.3) is 0 Å². The zero-order chi connectivity index (χ0) is 41.2. The molecule has 0 aromatic rings. The Balaban J connectivity index is 4.32. The predicted octanol–water partition coefficient (Wildman–Crippen LogP) is 15.8. The van der Waals surface area contributed by atoms with Crippen molar-refractivity contribution in [3.8, 4) is 0 Å². The van der Waals surface area contributed by atoms with Crippen LogP contribution in [0.2, 0.25) is 0 Å². The van der Waals surface area contributed by atoms with Crippen LogP contribution >= 0.6 is 0 Å². The van der Waals surface area contributed by atoms with E-state index in [1.54, 1.807) is 0 Å². The summed E-state index contributed by atoms with van der Waals surface area (Å²) < 4.78 is 16.8. The predicted molar refractivity (Wildman–Crippen MR) is 238 cm³/mol. The van der Waals surface area contributed by atoms with E-state index in [0.29, 0.717) is 19.3 Å². The number of carbonyl (C=O) groups is 3. The summed E-state index contributed by atoms with van der Waals surface area (Å²) in [5.74, 6) is 0.806. The molecule has 56 heavy (non-hydrogen) atoms. The van der Waals surface area contributed by atoms with Crippen molar-refractivity contribution < 1.29 is 28.6 Å². The lowest BCUT2D eigenvalue weighted by molar-refractivity contribution is -0.167. The van der Waals surface area contributed by atoms with Crippen LogP contribution in [-0.4, -0.2) is 37.2 Å². The molecule has 6 nitrogen and oxygen atoms in total. The van der Waals surface area contributed by atoms with E-state index in [-0.39, 0.29) is 31.1 Å². The molecule has 0 aliphatic carbocycles. The molecule has 0 aliphatic heterocycles. The molecule has 3 atom stereocenters. The van der Waals surface area contributed by atoms with Crippen molar-refractivity contribution in [3.05, 3.63) is 0 Å². The van der Waals surface area contributed by atoms with Gasteiger partial charge in [0.15, 0.2) is 6.10 Å². The second-order valence-electron chi connectivity index (χ2n) is 17.6. The monoisotopic (exact) mass is 793 g/mol. The summed E-state index contributed by atoms with van der Waals surface area (Å²) in [5.41, 5.74) is 0. The fraction of sp³-hybridized carbons (Fsp3) is 0.940. The third-order valence-corrected chi connectivity index (χ3v) is 11.9. The van der Waals surface area contributed by atoms with E-state index in [4.69, 9.17) is 14.2 Å². The summed E-state index contributed by atoms with van der Waals surface area (Å²) in [6.45, 7) is 11.3. The van der Waals surface area contributed by atoms with Gasteiger partial charge in [-0.25, -0.2) is 0 Å². The molecule has 0 bridgehead atoms. The molecule has 0 aromatic heterocycles. The number of rotatable bonds is 44. The van der Waals surface area contributed by atoms with Crippen LogP contribution in [0.3, 0.4) is 0 Å². The smallest absolute Gasteiger partial charge is 0.306 e. The van der Waals surface area contributed by atoms with Crippen LogP contribution in [-0.2, 0) is 28.6 Å². The van der Waals surface area contributed by atoms with Crippen LogP contribution < -0.4 is 0 Å². The first-order valence-corrected chi connectivity index (χ1v) is 24.8. The second kappa shape index (κ2) is 43.0. The molecule has 6 heteroatoms. The van der Waals surface area contributed by atoms with Gasteiger partial charge in [-0.05, 0) is 31.1 Å². The molecular weight excluding hydrogens is 697 g/mol. The lowest BCUT2D eigenvalue weighted by atomic mass is 9.99. The minimum atomic E-state index is -0.762. The summed E-state index contributed by atoms with van der Waals surface area (Å²) in [5, 5.41) is 0. The number of unbranched alkanes of at least 4 members (excludes halogenated alkanes) is 27.